The van der Waals surface area contributed by atoms with Gasteiger partial charge in [0.1, 0.15) is 11.3 Å². The number of hydrogen-bond donors (Lipinski definition) is 0. The monoisotopic (exact) mass is 359 g/mol. The summed E-state index contributed by atoms with van der Waals surface area (Å²) in [6.45, 7) is 0. The van der Waals surface area contributed by atoms with Crippen LogP contribution in [-0.4, -0.2) is 4.98 Å². The van der Waals surface area contributed by atoms with Crippen molar-refractivity contribution in [2.24, 2.45) is 0 Å². The average molecular weight is 360 g/mol. The molecule has 3 rings (SSSR count). The van der Waals surface area contributed by atoms with Crippen LogP contribution in [0.4, 0.5) is 17.6 Å². The van der Waals surface area contributed by atoms with Gasteiger partial charge in [-0.25, -0.2) is 9.37 Å². The molecule has 0 unspecified atom stereocenters. The second-order valence-electron chi connectivity index (χ2n) is 4.36. The average Bonchev–Trinajstić information content (AvgIpc) is 2.80. The molecule has 0 N–H and O–H groups in total. The number of nitrogens with zero attached hydrogens (tertiary/aromatic N) is 1. The molecule has 0 atom stereocenters. The number of aromatic nitrogens is 1. The number of benzene rings is 2. The molecule has 108 valence electrons. The van der Waals surface area contributed by atoms with Crippen LogP contribution in [0.25, 0.3) is 22.6 Å². The summed E-state index contributed by atoms with van der Waals surface area (Å²) >= 11 is 3.25. The molecular formula is C14H6BrF4NO. The number of rotatable bonds is 1. The molecular weight excluding hydrogens is 354 g/mol. The minimum absolute atomic E-state index is 0.0605. The van der Waals surface area contributed by atoms with E-state index in [0.717, 1.165) is 16.6 Å². The fourth-order valence-electron chi connectivity index (χ4n) is 1.90. The summed E-state index contributed by atoms with van der Waals surface area (Å²) in [5, 5.41) is 0. The summed E-state index contributed by atoms with van der Waals surface area (Å²) in [6.07, 6.45) is -4.63. The first-order valence-corrected chi connectivity index (χ1v) is 6.56. The molecule has 7 heteroatoms. The minimum atomic E-state index is -4.63. The lowest BCUT2D eigenvalue weighted by atomic mass is 10.1. The van der Waals surface area contributed by atoms with Crippen LogP contribution >= 0.6 is 15.9 Å². The maximum atomic E-state index is 13.4. The fourth-order valence-corrected chi connectivity index (χ4v) is 2.24. The van der Waals surface area contributed by atoms with Crippen molar-refractivity contribution in [3.8, 4) is 11.5 Å². The Morgan fingerprint density at radius 1 is 1.05 bits per heavy atom. The molecule has 21 heavy (non-hydrogen) atoms. The molecule has 1 aromatic heterocycles. The summed E-state index contributed by atoms with van der Waals surface area (Å²) < 4.78 is 57.6. The van der Waals surface area contributed by atoms with Crippen LogP contribution in [0.2, 0.25) is 0 Å². The van der Waals surface area contributed by atoms with Crippen molar-refractivity contribution in [2.45, 2.75) is 6.18 Å². The molecule has 0 radical (unpaired) electrons. The smallest absolute Gasteiger partial charge is 0.416 e. The molecule has 2 aromatic carbocycles. The van der Waals surface area contributed by atoms with Gasteiger partial charge < -0.3 is 4.42 Å². The summed E-state index contributed by atoms with van der Waals surface area (Å²) in [4.78, 5) is 4.07. The maximum Gasteiger partial charge on any atom is 0.416 e. The van der Waals surface area contributed by atoms with Gasteiger partial charge in [0.2, 0.25) is 5.89 Å². The van der Waals surface area contributed by atoms with E-state index in [0.29, 0.717) is 17.2 Å². The van der Waals surface area contributed by atoms with Crippen LogP contribution < -0.4 is 0 Å². The van der Waals surface area contributed by atoms with Crippen molar-refractivity contribution < 1.29 is 22.0 Å². The molecule has 0 amide bonds. The predicted octanol–water partition coefficient (Wildman–Crippen LogP) is 5.42. The second-order valence-corrected chi connectivity index (χ2v) is 5.27. The molecule has 3 aromatic rings. The highest BCUT2D eigenvalue weighted by atomic mass is 79.9. The number of hydrogen-bond acceptors (Lipinski definition) is 2. The highest BCUT2D eigenvalue weighted by Crippen LogP contribution is 2.34. The van der Waals surface area contributed by atoms with Crippen LogP contribution in [0.15, 0.2) is 45.3 Å². The summed E-state index contributed by atoms with van der Waals surface area (Å²) in [6, 6.07) is 7.20. The summed E-state index contributed by atoms with van der Waals surface area (Å²) in [5.74, 6) is -1.06. The number of fused-ring (bicyclic) bond motifs is 1. The highest BCUT2D eigenvalue weighted by molar-refractivity contribution is 9.10. The predicted molar refractivity (Wildman–Crippen MR) is 72.1 cm³/mol. The van der Waals surface area contributed by atoms with E-state index in [1.165, 1.54) is 0 Å². The zero-order valence-electron chi connectivity index (χ0n) is 10.2. The molecule has 0 saturated carbocycles. The normalized spacial score (nSPS) is 12.0. The molecule has 0 saturated heterocycles. The third-order valence-corrected chi connectivity index (χ3v) is 3.32. The Balaban J connectivity index is 2.16. The zero-order chi connectivity index (χ0) is 15.2. The van der Waals surface area contributed by atoms with Crippen LogP contribution in [0.3, 0.4) is 0 Å². The molecule has 1 heterocycles. The molecule has 0 spiro atoms. The zero-order valence-corrected chi connectivity index (χ0v) is 11.8. The lowest BCUT2D eigenvalue weighted by Crippen LogP contribution is -2.05. The largest absolute Gasteiger partial charge is 0.436 e. The van der Waals surface area contributed by atoms with Gasteiger partial charge in [0.05, 0.1) is 5.56 Å². The van der Waals surface area contributed by atoms with Crippen molar-refractivity contribution in [2.75, 3.05) is 0 Å². The van der Waals surface area contributed by atoms with E-state index >= 15 is 0 Å². The fraction of sp³-hybridized carbons (Fsp3) is 0.0714. The van der Waals surface area contributed by atoms with Crippen LogP contribution in [0.5, 0.6) is 0 Å². The molecule has 0 bridgehead atoms. The van der Waals surface area contributed by atoms with Crippen molar-refractivity contribution in [3.05, 3.63) is 52.3 Å². The van der Waals surface area contributed by atoms with Crippen molar-refractivity contribution in [1.29, 1.82) is 0 Å². The van der Waals surface area contributed by atoms with Crippen molar-refractivity contribution in [1.82, 2.24) is 4.98 Å². The van der Waals surface area contributed by atoms with Crippen LogP contribution in [0, 0.1) is 5.82 Å². The molecule has 0 aliphatic carbocycles. The minimum Gasteiger partial charge on any atom is -0.436 e. The third-order valence-electron chi connectivity index (χ3n) is 2.82. The first-order chi connectivity index (χ1) is 9.83. The highest BCUT2D eigenvalue weighted by Gasteiger charge is 2.31. The maximum absolute atomic E-state index is 13.4. The summed E-state index contributed by atoms with van der Waals surface area (Å²) in [5.41, 5.74) is -0.265. The van der Waals surface area contributed by atoms with Gasteiger partial charge in [-0.05, 0) is 36.4 Å². The van der Waals surface area contributed by atoms with Crippen LogP contribution in [0.1, 0.15) is 5.56 Å². The third kappa shape index (κ3) is 2.78. The van der Waals surface area contributed by atoms with E-state index in [1.807, 2.05) is 0 Å². The van der Waals surface area contributed by atoms with E-state index in [4.69, 9.17) is 4.42 Å². The van der Waals surface area contributed by atoms with Gasteiger partial charge in [0, 0.05) is 10.0 Å². The number of halogens is 5. The lowest BCUT2D eigenvalue weighted by molar-refractivity contribution is -0.137. The molecule has 0 aliphatic heterocycles. The van der Waals surface area contributed by atoms with Gasteiger partial charge in [-0.2, -0.15) is 13.2 Å². The van der Waals surface area contributed by atoms with Crippen LogP contribution in [-0.2, 0) is 6.18 Å². The van der Waals surface area contributed by atoms with Gasteiger partial charge in [-0.3, -0.25) is 0 Å². The van der Waals surface area contributed by atoms with Gasteiger partial charge in [0.15, 0.2) is 5.58 Å². The second kappa shape index (κ2) is 4.84. The Labute approximate surface area is 124 Å². The van der Waals surface area contributed by atoms with Gasteiger partial charge in [-0.15, -0.1) is 0 Å². The molecule has 2 nitrogen and oxygen atoms in total. The topological polar surface area (TPSA) is 26.0 Å². The Kier molecular flexibility index (Phi) is 3.24. The van der Waals surface area contributed by atoms with Gasteiger partial charge in [-0.1, -0.05) is 15.9 Å². The van der Waals surface area contributed by atoms with E-state index in [1.54, 1.807) is 18.2 Å². The SMILES string of the molecule is Fc1cc(-c2nc3ccc(Br)cc3o2)cc(C(F)(F)F)c1. The van der Waals surface area contributed by atoms with Crippen molar-refractivity contribution in [3.63, 3.8) is 0 Å². The van der Waals surface area contributed by atoms with Gasteiger partial charge in [0.25, 0.3) is 0 Å². The van der Waals surface area contributed by atoms with Crippen molar-refractivity contribution >= 4 is 27.0 Å². The number of alkyl halides is 3. The van der Waals surface area contributed by atoms with Gasteiger partial charge >= 0.3 is 6.18 Å². The first kappa shape index (κ1) is 14.1. The van der Waals surface area contributed by atoms with E-state index in [2.05, 4.69) is 20.9 Å². The quantitative estimate of drug-likeness (QED) is 0.542. The standard InChI is InChI=1S/C14H6BrF4NO/c15-9-1-2-11-12(6-9)21-13(20-11)7-3-8(14(17,18)19)5-10(16)4-7/h1-6H. The van der Waals surface area contributed by atoms with E-state index in [9.17, 15) is 17.6 Å². The number of oxazole rings is 1. The molecule has 0 aliphatic rings. The first-order valence-electron chi connectivity index (χ1n) is 5.77. The molecule has 0 fully saturated rings. The van der Waals surface area contributed by atoms with E-state index < -0.39 is 17.6 Å². The Bertz CT molecular complexity index is 825. The Morgan fingerprint density at radius 3 is 2.52 bits per heavy atom. The Morgan fingerprint density at radius 2 is 1.81 bits per heavy atom. The summed E-state index contributed by atoms with van der Waals surface area (Å²) in [7, 11) is 0. The lowest BCUT2D eigenvalue weighted by Gasteiger charge is -2.07. The van der Waals surface area contributed by atoms with E-state index in [-0.39, 0.29) is 11.5 Å². The Hall–Kier alpha value is -1.89.